The number of nitrogens with zero attached hydrogens (tertiary/aromatic N) is 5. The Bertz CT molecular complexity index is 1460. The van der Waals surface area contributed by atoms with Gasteiger partial charge in [0.25, 0.3) is 0 Å². The van der Waals surface area contributed by atoms with E-state index in [9.17, 15) is 4.79 Å². The van der Waals surface area contributed by atoms with Crippen molar-refractivity contribution in [3.05, 3.63) is 65.2 Å². The largest absolute Gasteiger partial charge is 0.419 e. The highest BCUT2D eigenvalue weighted by molar-refractivity contribution is 6.01. The molecule has 0 spiro atoms. The van der Waals surface area contributed by atoms with E-state index in [-0.39, 0.29) is 18.3 Å². The number of pyridine rings is 1. The second-order valence-electron chi connectivity index (χ2n) is 8.67. The molecule has 1 aromatic carbocycles. The maximum atomic E-state index is 13.8. The molecule has 162 valence electrons. The van der Waals surface area contributed by atoms with E-state index in [2.05, 4.69) is 27.1 Å². The van der Waals surface area contributed by atoms with Gasteiger partial charge in [0.15, 0.2) is 0 Å². The van der Waals surface area contributed by atoms with Crippen LogP contribution in [-0.2, 0) is 6.54 Å². The third kappa shape index (κ3) is 2.97. The van der Waals surface area contributed by atoms with Crippen LogP contribution in [0.2, 0.25) is 0 Å². The lowest BCUT2D eigenvalue weighted by atomic mass is 9.85. The van der Waals surface area contributed by atoms with Crippen LogP contribution in [0.15, 0.2) is 58.0 Å². The van der Waals surface area contributed by atoms with Gasteiger partial charge in [-0.1, -0.05) is 38.0 Å². The third-order valence-electron chi connectivity index (χ3n) is 6.69. The van der Waals surface area contributed by atoms with Gasteiger partial charge in [0.2, 0.25) is 11.8 Å². The minimum absolute atomic E-state index is 0.0475. The fourth-order valence-corrected chi connectivity index (χ4v) is 5.05. The van der Waals surface area contributed by atoms with E-state index in [4.69, 9.17) is 4.42 Å². The van der Waals surface area contributed by atoms with E-state index in [0.717, 1.165) is 46.9 Å². The van der Waals surface area contributed by atoms with E-state index >= 15 is 0 Å². The molecular weight excluding hydrogens is 404 g/mol. The van der Waals surface area contributed by atoms with Crippen LogP contribution in [0, 0.1) is 5.92 Å². The highest BCUT2D eigenvalue weighted by atomic mass is 16.4. The predicted molar refractivity (Wildman–Crippen MR) is 121 cm³/mol. The number of fused-ring (bicyclic) bond motifs is 3. The van der Waals surface area contributed by atoms with Gasteiger partial charge in [-0.25, -0.2) is 9.78 Å². The van der Waals surface area contributed by atoms with Crippen molar-refractivity contribution in [2.24, 2.45) is 5.92 Å². The summed E-state index contributed by atoms with van der Waals surface area (Å²) in [6.07, 6.45) is 8.14. The first kappa shape index (κ1) is 19.0. The SMILES string of the molecule is C[C@@H]1CCCC[C@@H]1n1c(=O)n(Cc2nnc(-c3ccccc3)o2)c2cnc3[nH]ccc3c21. The van der Waals surface area contributed by atoms with Crippen LogP contribution in [-0.4, -0.2) is 29.3 Å². The second kappa shape index (κ2) is 7.47. The Labute approximate surface area is 183 Å². The van der Waals surface area contributed by atoms with Gasteiger partial charge < -0.3 is 9.40 Å². The summed E-state index contributed by atoms with van der Waals surface area (Å²) in [6.45, 7) is 2.46. The van der Waals surface area contributed by atoms with E-state index in [1.54, 1.807) is 10.8 Å². The summed E-state index contributed by atoms with van der Waals surface area (Å²) in [5.74, 6) is 1.29. The number of H-pyrrole nitrogens is 1. The van der Waals surface area contributed by atoms with Crippen LogP contribution in [0.3, 0.4) is 0 Å². The van der Waals surface area contributed by atoms with Gasteiger partial charge in [-0.05, 0) is 37.0 Å². The summed E-state index contributed by atoms with van der Waals surface area (Å²) in [4.78, 5) is 21.5. The number of imidazole rings is 1. The number of benzene rings is 1. The highest BCUT2D eigenvalue weighted by Gasteiger charge is 2.29. The van der Waals surface area contributed by atoms with Crippen molar-refractivity contribution >= 4 is 22.1 Å². The fraction of sp³-hybridized carbons (Fsp3) is 0.333. The Morgan fingerprint density at radius 1 is 1.12 bits per heavy atom. The number of aromatic amines is 1. The lowest BCUT2D eigenvalue weighted by Gasteiger charge is -2.29. The van der Waals surface area contributed by atoms with Gasteiger partial charge in [0.1, 0.15) is 12.2 Å². The summed E-state index contributed by atoms with van der Waals surface area (Å²) < 4.78 is 9.62. The first-order valence-electron chi connectivity index (χ1n) is 11.2. The van der Waals surface area contributed by atoms with Crippen molar-refractivity contribution in [3.63, 3.8) is 0 Å². The van der Waals surface area contributed by atoms with Crippen molar-refractivity contribution in [2.45, 2.75) is 45.2 Å². The van der Waals surface area contributed by atoms with Gasteiger partial charge in [0.05, 0.1) is 17.2 Å². The van der Waals surface area contributed by atoms with Gasteiger partial charge in [0, 0.05) is 23.2 Å². The van der Waals surface area contributed by atoms with E-state index < -0.39 is 0 Å². The van der Waals surface area contributed by atoms with Gasteiger partial charge in [-0.2, -0.15) is 0 Å². The average molecular weight is 428 g/mol. The molecule has 5 aromatic rings. The first-order chi connectivity index (χ1) is 15.7. The third-order valence-corrected chi connectivity index (χ3v) is 6.69. The zero-order valence-electron chi connectivity index (χ0n) is 17.9. The summed E-state index contributed by atoms with van der Waals surface area (Å²) in [5, 5.41) is 9.36. The average Bonchev–Trinajstić information content (AvgIpc) is 3.54. The number of aromatic nitrogens is 6. The lowest BCUT2D eigenvalue weighted by Crippen LogP contribution is -2.32. The molecule has 0 saturated heterocycles. The molecule has 0 bridgehead atoms. The quantitative estimate of drug-likeness (QED) is 0.454. The molecule has 8 heteroatoms. The summed E-state index contributed by atoms with van der Waals surface area (Å²) in [5.41, 5.74) is 3.32. The van der Waals surface area contributed by atoms with E-state index in [0.29, 0.717) is 17.7 Å². The Balaban J connectivity index is 1.50. The molecule has 32 heavy (non-hydrogen) atoms. The standard InChI is InChI=1S/C24H24N6O2/c1-15-7-5-6-10-18(15)30-21-17-11-12-25-22(17)26-13-19(21)29(24(30)31)14-20-27-28-23(32-20)16-8-3-2-4-9-16/h2-4,8-9,11-13,15,18H,5-7,10,14H2,1H3,(H,25,26)/t15-,18+/m1/s1. The molecule has 1 aliphatic rings. The summed E-state index contributed by atoms with van der Waals surface area (Å²) >= 11 is 0. The Morgan fingerprint density at radius 2 is 1.97 bits per heavy atom. The van der Waals surface area contributed by atoms with Crippen molar-refractivity contribution in [3.8, 4) is 11.5 Å². The van der Waals surface area contributed by atoms with Gasteiger partial charge in [-0.3, -0.25) is 9.13 Å². The van der Waals surface area contributed by atoms with Crippen LogP contribution >= 0.6 is 0 Å². The summed E-state index contributed by atoms with van der Waals surface area (Å²) in [7, 11) is 0. The normalized spacial score (nSPS) is 19.2. The number of hydrogen-bond acceptors (Lipinski definition) is 5. The smallest absolute Gasteiger partial charge is 0.329 e. The van der Waals surface area contributed by atoms with Crippen LogP contribution in [0.25, 0.3) is 33.5 Å². The molecule has 1 N–H and O–H groups in total. The monoisotopic (exact) mass is 428 g/mol. The fourth-order valence-electron chi connectivity index (χ4n) is 5.05. The Hall–Kier alpha value is -3.68. The minimum atomic E-state index is -0.0475. The highest BCUT2D eigenvalue weighted by Crippen LogP contribution is 2.36. The molecule has 0 unspecified atom stereocenters. The number of hydrogen-bond donors (Lipinski definition) is 1. The molecular formula is C24H24N6O2. The Kier molecular flexibility index (Phi) is 4.45. The summed E-state index contributed by atoms with van der Waals surface area (Å²) in [6, 6.07) is 11.8. The Morgan fingerprint density at radius 3 is 2.81 bits per heavy atom. The second-order valence-corrected chi connectivity index (χ2v) is 8.67. The molecule has 1 fully saturated rings. The minimum Gasteiger partial charge on any atom is -0.419 e. The molecule has 4 aromatic heterocycles. The molecule has 0 radical (unpaired) electrons. The van der Waals surface area contributed by atoms with E-state index in [1.165, 1.54) is 6.42 Å². The molecule has 0 amide bonds. The van der Waals surface area contributed by atoms with Crippen molar-refractivity contribution in [1.82, 2.24) is 29.3 Å². The van der Waals surface area contributed by atoms with Crippen molar-refractivity contribution in [2.75, 3.05) is 0 Å². The van der Waals surface area contributed by atoms with Crippen LogP contribution < -0.4 is 5.69 Å². The topological polar surface area (TPSA) is 94.5 Å². The molecule has 2 atom stereocenters. The number of nitrogens with one attached hydrogen (secondary N) is 1. The molecule has 8 nitrogen and oxygen atoms in total. The number of rotatable bonds is 4. The van der Waals surface area contributed by atoms with Crippen LogP contribution in [0.1, 0.15) is 44.5 Å². The predicted octanol–water partition coefficient (Wildman–Crippen LogP) is 4.53. The maximum Gasteiger partial charge on any atom is 0.329 e. The molecule has 1 aliphatic carbocycles. The van der Waals surface area contributed by atoms with E-state index in [1.807, 2.05) is 47.2 Å². The van der Waals surface area contributed by atoms with Crippen LogP contribution in [0.5, 0.6) is 0 Å². The first-order valence-corrected chi connectivity index (χ1v) is 11.2. The van der Waals surface area contributed by atoms with Gasteiger partial charge >= 0.3 is 5.69 Å². The van der Waals surface area contributed by atoms with Gasteiger partial charge in [-0.15, -0.1) is 10.2 Å². The maximum absolute atomic E-state index is 13.8. The molecule has 1 saturated carbocycles. The molecule has 0 aliphatic heterocycles. The zero-order chi connectivity index (χ0) is 21.7. The molecule has 6 rings (SSSR count). The van der Waals surface area contributed by atoms with Crippen molar-refractivity contribution in [1.29, 1.82) is 0 Å². The molecule has 4 heterocycles. The van der Waals surface area contributed by atoms with Crippen molar-refractivity contribution < 1.29 is 4.42 Å². The lowest BCUT2D eigenvalue weighted by molar-refractivity contribution is 0.256. The zero-order valence-corrected chi connectivity index (χ0v) is 17.9. The van der Waals surface area contributed by atoms with Crippen LogP contribution in [0.4, 0.5) is 0 Å².